The van der Waals surface area contributed by atoms with Crippen molar-refractivity contribution >= 4 is 23.2 Å². The molecule has 0 aliphatic heterocycles. The van der Waals surface area contributed by atoms with Gasteiger partial charge in [0.2, 0.25) is 5.91 Å². The second-order valence-corrected chi connectivity index (χ2v) is 4.41. The molecule has 0 heterocycles. The molecule has 2 N–H and O–H groups in total. The topological polar surface area (TPSA) is 67.4 Å². The van der Waals surface area contributed by atoms with Crippen LogP contribution in [0.25, 0.3) is 0 Å². The van der Waals surface area contributed by atoms with E-state index in [1.54, 1.807) is 55.6 Å². The van der Waals surface area contributed by atoms with E-state index in [-0.39, 0.29) is 11.8 Å². The van der Waals surface area contributed by atoms with Crippen LogP contribution in [-0.4, -0.2) is 18.9 Å². The minimum absolute atomic E-state index is 0.223. The zero-order chi connectivity index (χ0) is 15.2. The Morgan fingerprint density at radius 1 is 0.952 bits per heavy atom. The molecule has 5 nitrogen and oxygen atoms in total. The fourth-order valence-electron chi connectivity index (χ4n) is 1.85. The van der Waals surface area contributed by atoms with Gasteiger partial charge in [0.05, 0.1) is 18.4 Å². The molecular formula is C16H16N2O3. The summed E-state index contributed by atoms with van der Waals surface area (Å²) >= 11 is 0. The quantitative estimate of drug-likeness (QED) is 0.907. The summed E-state index contributed by atoms with van der Waals surface area (Å²) in [4.78, 5) is 23.4. The van der Waals surface area contributed by atoms with Crippen LogP contribution >= 0.6 is 0 Å². The lowest BCUT2D eigenvalue weighted by Gasteiger charge is -2.10. The number of hydrogen-bond donors (Lipinski definition) is 2. The molecule has 0 atom stereocenters. The first kappa shape index (κ1) is 14.6. The number of ether oxygens (including phenoxy) is 1. The summed E-state index contributed by atoms with van der Waals surface area (Å²) in [6, 6.07) is 13.9. The molecule has 0 spiro atoms. The van der Waals surface area contributed by atoms with E-state index in [9.17, 15) is 9.59 Å². The minimum Gasteiger partial charge on any atom is -0.497 e. The van der Waals surface area contributed by atoms with Crippen LogP contribution in [-0.2, 0) is 4.79 Å². The number of carbonyl (C=O) groups is 2. The predicted molar refractivity (Wildman–Crippen MR) is 81.7 cm³/mol. The summed E-state index contributed by atoms with van der Waals surface area (Å²) < 4.78 is 5.06. The average Bonchev–Trinajstić information content (AvgIpc) is 2.48. The van der Waals surface area contributed by atoms with Crippen molar-refractivity contribution in [2.45, 2.75) is 6.92 Å². The maximum absolute atomic E-state index is 12.3. The smallest absolute Gasteiger partial charge is 0.257 e. The lowest BCUT2D eigenvalue weighted by atomic mass is 10.1. The van der Waals surface area contributed by atoms with Crippen molar-refractivity contribution in [3.8, 4) is 5.75 Å². The van der Waals surface area contributed by atoms with Crippen LogP contribution in [0.15, 0.2) is 48.5 Å². The van der Waals surface area contributed by atoms with Crippen molar-refractivity contribution in [3.63, 3.8) is 0 Å². The van der Waals surface area contributed by atoms with Gasteiger partial charge in [-0.15, -0.1) is 0 Å². The van der Waals surface area contributed by atoms with Crippen LogP contribution in [0.3, 0.4) is 0 Å². The number of benzene rings is 2. The van der Waals surface area contributed by atoms with Gasteiger partial charge in [-0.3, -0.25) is 9.59 Å². The lowest BCUT2D eigenvalue weighted by molar-refractivity contribution is -0.114. The van der Waals surface area contributed by atoms with E-state index in [4.69, 9.17) is 4.74 Å². The Hall–Kier alpha value is -2.82. The zero-order valence-corrected chi connectivity index (χ0v) is 11.8. The summed E-state index contributed by atoms with van der Waals surface area (Å²) in [6.07, 6.45) is 0. The molecule has 2 aromatic carbocycles. The molecule has 21 heavy (non-hydrogen) atoms. The standard InChI is InChI=1S/C16H16N2O3/c1-11(19)17-15-6-4-3-5-14(15)16(20)18-12-7-9-13(21-2)10-8-12/h3-10H,1-2H3,(H,17,19)(H,18,20). The van der Waals surface area contributed by atoms with E-state index in [1.807, 2.05) is 0 Å². The number of para-hydroxylation sites is 1. The second kappa shape index (κ2) is 6.56. The van der Waals surface area contributed by atoms with Crippen LogP contribution in [0, 0.1) is 0 Å². The summed E-state index contributed by atoms with van der Waals surface area (Å²) in [5, 5.41) is 5.42. The van der Waals surface area contributed by atoms with Crippen molar-refractivity contribution in [3.05, 3.63) is 54.1 Å². The van der Waals surface area contributed by atoms with Gasteiger partial charge in [0, 0.05) is 12.6 Å². The van der Waals surface area contributed by atoms with Gasteiger partial charge in [-0.1, -0.05) is 12.1 Å². The molecule has 108 valence electrons. The van der Waals surface area contributed by atoms with E-state index >= 15 is 0 Å². The first-order valence-corrected chi connectivity index (χ1v) is 6.42. The molecule has 2 amide bonds. The van der Waals surface area contributed by atoms with Gasteiger partial charge in [0.25, 0.3) is 5.91 Å². The summed E-state index contributed by atoms with van der Waals surface area (Å²) in [5.74, 6) is 0.204. The number of anilines is 2. The third kappa shape index (κ3) is 3.82. The highest BCUT2D eigenvalue weighted by atomic mass is 16.5. The Bertz CT molecular complexity index is 651. The fraction of sp³-hybridized carbons (Fsp3) is 0.125. The van der Waals surface area contributed by atoms with E-state index < -0.39 is 0 Å². The Morgan fingerprint density at radius 3 is 2.24 bits per heavy atom. The number of nitrogens with one attached hydrogen (secondary N) is 2. The van der Waals surface area contributed by atoms with E-state index in [2.05, 4.69) is 10.6 Å². The Kier molecular flexibility index (Phi) is 4.56. The molecule has 5 heteroatoms. The van der Waals surface area contributed by atoms with Gasteiger partial charge in [-0.2, -0.15) is 0 Å². The zero-order valence-electron chi connectivity index (χ0n) is 11.8. The van der Waals surface area contributed by atoms with Crippen molar-refractivity contribution in [1.29, 1.82) is 0 Å². The van der Waals surface area contributed by atoms with E-state index in [0.29, 0.717) is 22.7 Å². The molecule has 2 aromatic rings. The number of rotatable bonds is 4. The summed E-state index contributed by atoms with van der Waals surface area (Å²) in [7, 11) is 1.58. The molecule has 0 fully saturated rings. The molecule has 0 radical (unpaired) electrons. The monoisotopic (exact) mass is 284 g/mol. The van der Waals surface area contributed by atoms with Crippen LogP contribution < -0.4 is 15.4 Å². The highest BCUT2D eigenvalue weighted by Gasteiger charge is 2.11. The van der Waals surface area contributed by atoms with Crippen molar-refractivity contribution in [1.82, 2.24) is 0 Å². The van der Waals surface area contributed by atoms with Crippen LogP contribution in [0.2, 0.25) is 0 Å². The molecule has 0 unspecified atom stereocenters. The van der Waals surface area contributed by atoms with Crippen molar-refractivity contribution in [2.75, 3.05) is 17.7 Å². The Labute approximate surface area is 122 Å². The normalized spacial score (nSPS) is 9.81. The largest absolute Gasteiger partial charge is 0.497 e. The molecule has 0 saturated carbocycles. The van der Waals surface area contributed by atoms with Crippen LogP contribution in [0.5, 0.6) is 5.75 Å². The third-order valence-electron chi connectivity index (χ3n) is 2.83. The van der Waals surface area contributed by atoms with Gasteiger partial charge < -0.3 is 15.4 Å². The van der Waals surface area contributed by atoms with Gasteiger partial charge in [0.1, 0.15) is 5.75 Å². The molecule has 2 rings (SSSR count). The maximum atomic E-state index is 12.3. The molecule has 0 aliphatic carbocycles. The first-order chi connectivity index (χ1) is 10.1. The number of carbonyl (C=O) groups excluding carboxylic acids is 2. The highest BCUT2D eigenvalue weighted by Crippen LogP contribution is 2.19. The molecule has 0 saturated heterocycles. The number of amides is 2. The van der Waals surface area contributed by atoms with Crippen LogP contribution in [0.4, 0.5) is 11.4 Å². The molecule has 0 bridgehead atoms. The minimum atomic E-state index is -0.287. The molecule has 0 aromatic heterocycles. The fourth-order valence-corrected chi connectivity index (χ4v) is 1.85. The van der Waals surface area contributed by atoms with Crippen molar-refractivity contribution < 1.29 is 14.3 Å². The van der Waals surface area contributed by atoms with Gasteiger partial charge >= 0.3 is 0 Å². The van der Waals surface area contributed by atoms with Gasteiger partial charge in [-0.05, 0) is 36.4 Å². The lowest BCUT2D eigenvalue weighted by Crippen LogP contribution is -2.16. The Morgan fingerprint density at radius 2 is 1.62 bits per heavy atom. The maximum Gasteiger partial charge on any atom is 0.257 e. The SMILES string of the molecule is COc1ccc(NC(=O)c2ccccc2NC(C)=O)cc1. The Balaban J connectivity index is 2.17. The number of hydrogen-bond acceptors (Lipinski definition) is 3. The van der Waals surface area contributed by atoms with Gasteiger partial charge in [-0.25, -0.2) is 0 Å². The third-order valence-corrected chi connectivity index (χ3v) is 2.83. The molecule has 0 aliphatic rings. The summed E-state index contributed by atoms with van der Waals surface area (Å²) in [6.45, 7) is 1.40. The average molecular weight is 284 g/mol. The number of methoxy groups -OCH3 is 1. The predicted octanol–water partition coefficient (Wildman–Crippen LogP) is 2.91. The first-order valence-electron chi connectivity index (χ1n) is 6.42. The second-order valence-electron chi connectivity index (χ2n) is 4.41. The van der Waals surface area contributed by atoms with E-state index in [0.717, 1.165) is 0 Å². The molecular weight excluding hydrogens is 268 g/mol. The summed E-state index contributed by atoms with van der Waals surface area (Å²) in [5.41, 5.74) is 1.54. The van der Waals surface area contributed by atoms with Crippen LogP contribution in [0.1, 0.15) is 17.3 Å². The highest BCUT2D eigenvalue weighted by molar-refractivity contribution is 6.09. The van der Waals surface area contributed by atoms with E-state index in [1.165, 1.54) is 6.92 Å². The van der Waals surface area contributed by atoms with Gasteiger partial charge in [0.15, 0.2) is 0 Å². The van der Waals surface area contributed by atoms with Crippen molar-refractivity contribution in [2.24, 2.45) is 0 Å².